The van der Waals surface area contributed by atoms with Gasteiger partial charge in [0, 0.05) is 38.5 Å². The number of nitrogens with zero attached hydrogens (tertiary/aromatic N) is 1. The first-order valence-corrected chi connectivity index (χ1v) is 7.03. The Kier molecular flexibility index (Phi) is 5.63. The first-order chi connectivity index (χ1) is 9.31. The standard InChI is InChI=1S/C15H24N2O2/c1-13(12-18)10-16-11-14-4-2-3-5-15(14)17-6-8-19-9-7-17/h2-5,13,16,18H,6-12H2,1H3. The van der Waals surface area contributed by atoms with Gasteiger partial charge in [-0.15, -0.1) is 0 Å². The third kappa shape index (κ3) is 4.20. The van der Waals surface area contributed by atoms with E-state index in [-0.39, 0.29) is 6.61 Å². The van der Waals surface area contributed by atoms with Gasteiger partial charge in [-0.25, -0.2) is 0 Å². The predicted octanol–water partition coefficient (Wildman–Crippen LogP) is 1.24. The van der Waals surface area contributed by atoms with E-state index in [0.29, 0.717) is 5.92 Å². The summed E-state index contributed by atoms with van der Waals surface area (Å²) in [5.41, 5.74) is 2.62. The second-order valence-corrected chi connectivity index (χ2v) is 5.15. The lowest BCUT2D eigenvalue weighted by Crippen LogP contribution is -2.37. The minimum atomic E-state index is 0.234. The van der Waals surface area contributed by atoms with Crippen LogP contribution in [0.25, 0.3) is 0 Å². The van der Waals surface area contributed by atoms with Crippen molar-refractivity contribution >= 4 is 5.69 Å². The van der Waals surface area contributed by atoms with Crippen molar-refractivity contribution in [2.45, 2.75) is 13.5 Å². The lowest BCUT2D eigenvalue weighted by molar-refractivity contribution is 0.122. The quantitative estimate of drug-likeness (QED) is 0.811. The number of anilines is 1. The van der Waals surface area contributed by atoms with Crippen LogP contribution in [-0.2, 0) is 11.3 Å². The first kappa shape index (κ1) is 14.3. The summed E-state index contributed by atoms with van der Waals surface area (Å²) in [7, 11) is 0. The summed E-state index contributed by atoms with van der Waals surface area (Å²) < 4.78 is 5.40. The van der Waals surface area contributed by atoms with Gasteiger partial charge in [0.05, 0.1) is 13.2 Å². The fourth-order valence-corrected chi connectivity index (χ4v) is 2.29. The van der Waals surface area contributed by atoms with Gasteiger partial charge in [0.1, 0.15) is 0 Å². The molecule has 1 aromatic carbocycles. The van der Waals surface area contributed by atoms with E-state index in [1.54, 1.807) is 0 Å². The minimum Gasteiger partial charge on any atom is -0.396 e. The van der Waals surface area contributed by atoms with Crippen LogP contribution < -0.4 is 10.2 Å². The van der Waals surface area contributed by atoms with Gasteiger partial charge in [0.2, 0.25) is 0 Å². The first-order valence-electron chi connectivity index (χ1n) is 7.03. The molecule has 19 heavy (non-hydrogen) atoms. The number of morpholine rings is 1. The summed E-state index contributed by atoms with van der Waals surface area (Å²) in [5.74, 6) is 0.301. The molecule has 0 saturated carbocycles. The molecule has 0 aromatic heterocycles. The SMILES string of the molecule is CC(CO)CNCc1ccccc1N1CCOCC1. The van der Waals surface area contributed by atoms with Crippen molar-refractivity contribution in [3.63, 3.8) is 0 Å². The lowest BCUT2D eigenvalue weighted by Gasteiger charge is -2.30. The van der Waals surface area contributed by atoms with Crippen LogP contribution in [-0.4, -0.2) is 44.6 Å². The normalized spacial score (nSPS) is 17.5. The number of para-hydroxylation sites is 1. The molecule has 0 bridgehead atoms. The highest BCUT2D eigenvalue weighted by atomic mass is 16.5. The summed E-state index contributed by atoms with van der Waals surface area (Å²) in [6.07, 6.45) is 0. The molecule has 1 heterocycles. The number of nitrogens with one attached hydrogen (secondary N) is 1. The van der Waals surface area contributed by atoms with Gasteiger partial charge in [-0.1, -0.05) is 25.1 Å². The van der Waals surface area contributed by atoms with Crippen LogP contribution in [0.1, 0.15) is 12.5 Å². The topological polar surface area (TPSA) is 44.7 Å². The Morgan fingerprint density at radius 2 is 2.05 bits per heavy atom. The highest BCUT2D eigenvalue weighted by Crippen LogP contribution is 2.21. The third-order valence-corrected chi connectivity index (χ3v) is 3.46. The summed E-state index contributed by atoms with van der Waals surface area (Å²) in [6.45, 7) is 7.51. The molecule has 4 heteroatoms. The Hall–Kier alpha value is -1.10. The van der Waals surface area contributed by atoms with E-state index in [0.717, 1.165) is 39.4 Å². The summed E-state index contributed by atoms with van der Waals surface area (Å²) >= 11 is 0. The second-order valence-electron chi connectivity index (χ2n) is 5.15. The largest absolute Gasteiger partial charge is 0.396 e. The maximum absolute atomic E-state index is 9.03. The van der Waals surface area contributed by atoms with Crippen molar-refractivity contribution in [2.24, 2.45) is 5.92 Å². The number of benzene rings is 1. The number of ether oxygens (including phenoxy) is 1. The lowest BCUT2D eigenvalue weighted by atomic mass is 10.1. The van der Waals surface area contributed by atoms with Crippen molar-refractivity contribution in [1.29, 1.82) is 0 Å². The molecule has 0 aliphatic carbocycles. The average molecular weight is 264 g/mol. The molecule has 0 spiro atoms. The molecule has 106 valence electrons. The van der Waals surface area contributed by atoms with Crippen molar-refractivity contribution in [1.82, 2.24) is 5.32 Å². The van der Waals surface area contributed by atoms with E-state index < -0.39 is 0 Å². The molecule has 1 aliphatic heterocycles. The van der Waals surface area contributed by atoms with Crippen LogP contribution in [0.15, 0.2) is 24.3 Å². The maximum atomic E-state index is 9.03. The summed E-state index contributed by atoms with van der Waals surface area (Å²) in [6, 6.07) is 8.51. The Morgan fingerprint density at radius 1 is 1.32 bits per heavy atom. The van der Waals surface area contributed by atoms with Crippen LogP contribution in [0.3, 0.4) is 0 Å². The minimum absolute atomic E-state index is 0.234. The Balaban J connectivity index is 1.95. The fraction of sp³-hybridized carbons (Fsp3) is 0.600. The highest BCUT2D eigenvalue weighted by Gasteiger charge is 2.14. The molecule has 1 aromatic rings. The maximum Gasteiger partial charge on any atom is 0.0642 e. The zero-order chi connectivity index (χ0) is 13.5. The summed E-state index contributed by atoms with van der Waals surface area (Å²) in [5, 5.41) is 12.4. The molecule has 0 amide bonds. The fourth-order valence-electron chi connectivity index (χ4n) is 2.29. The molecule has 1 atom stereocenters. The second kappa shape index (κ2) is 7.48. The molecule has 2 N–H and O–H groups in total. The van der Waals surface area contributed by atoms with Crippen LogP contribution in [0.5, 0.6) is 0 Å². The van der Waals surface area contributed by atoms with E-state index in [1.807, 2.05) is 6.92 Å². The molecule has 1 fully saturated rings. The zero-order valence-corrected chi connectivity index (χ0v) is 11.6. The van der Waals surface area contributed by atoms with Crippen LogP contribution in [0.2, 0.25) is 0 Å². The van der Waals surface area contributed by atoms with E-state index in [1.165, 1.54) is 11.3 Å². The molecule has 2 rings (SSSR count). The van der Waals surface area contributed by atoms with E-state index in [9.17, 15) is 0 Å². The predicted molar refractivity (Wildman–Crippen MR) is 77.4 cm³/mol. The average Bonchev–Trinajstić information content (AvgIpc) is 2.48. The van der Waals surface area contributed by atoms with Crippen molar-refractivity contribution in [2.75, 3.05) is 44.4 Å². The molecule has 0 radical (unpaired) electrons. The smallest absolute Gasteiger partial charge is 0.0642 e. The van der Waals surface area contributed by atoms with Gasteiger partial charge in [-0.05, 0) is 17.5 Å². The molecule has 1 aliphatic rings. The van der Waals surface area contributed by atoms with Crippen LogP contribution >= 0.6 is 0 Å². The highest BCUT2D eigenvalue weighted by molar-refractivity contribution is 5.53. The van der Waals surface area contributed by atoms with Gasteiger partial charge in [0.25, 0.3) is 0 Å². The van der Waals surface area contributed by atoms with Crippen molar-refractivity contribution in [3.8, 4) is 0 Å². The van der Waals surface area contributed by atoms with Crippen LogP contribution in [0.4, 0.5) is 5.69 Å². The van der Waals surface area contributed by atoms with Crippen molar-refractivity contribution in [3.05, 3.63) is 29.8 Å². The van der Waals surface area contributed by atoms with Gasteiger partial charge in [-0.2, -0.15) is 0 Å². The zero-order valence-electron chi connectivity index (χ0n) is 11.6. The Labute approximate surface area is 115 Å². The summed E-state index contributed by atoms with van der Waals surface area (Å²) in [4.78, 5) is 2.38. The van der Waals surface area contributed by atoms with Gasteiger partial charge >= 0.3 is 0 Å². The van der Waals surface area contributed by atoms with Gasteiger partial charge < -0.3 is 20.1 Å². The van der Waals surface area contributed by atoms with Crippen molar-refractivity contribution < 1.29 is 9.84 Å². The Morgan fingerprint density at radius 3 is 2.79 bits per heavy atom. The van der Waals surface area contributed by atoms with E-state index in [4.69, 9.17) is 9.84 Å². The number of aliphatic hydroxyl groups excluding tert-OH is 1. The molecule has 1 saturated heterocycles. The molecular weight excluding hydrogens is 240 g/mol. The number of hydrogen-bond donors (Lipinski definition) is 2. The molecular formula is C15H24N2O2. The third-order valence-electron chi connectivity index (χ3n) is 3.46. The number of hydrogen-bond acceptors (Lipinski definition) is 4. The van der Waals surface area contributed by atoms with Gasteiger partial charge in [0.15, 0.2) is 0 Å². The van der Waals surface area contributed by atoms with E-state index >= 15 is 0 Å². The van der Waals surface area contributed by atoms with Gasteiger partial charge in [-0.3, -0.25) is 0 Å². The monoisotopic (exact) mass is 264 g/mol. The van der Waals surface area contributed by atoms with Crippen LogP contribution in [0, 0.1) is 5.92 Å². The van der Waals surface area contributed by atoms with E-state index in [2.05, 4.69) is 34.5 Å². The Bertz CT molecular complexity index is 378. The molecule has 4 nitrogen and oxygen atoms in total. The number of rotatable bonds is 6. The molecule has 1 unspecified atom stereocenters. The number of aliphatic hydroxyl groups is 1.